The number of likely N-dealkylation sites (tertiary alicyclic amines) is 1. The minimum Gasteiger partial charge on any atom is -0.384 e. The summed E-state index contributed by atoms with van der Waals surface area (Å²) in [6, 6.07) is 0.421. The van der Waals surface area contributed by atoms with Crippen LogP contribution < -0.4 is 5.32 Å². The molecule has 0 saturated carbocycles. The van der Waals surface area contributed by atoms with Crippen LogP contribution in [-0.2, 0) is 9.53 Å². The van der Waals surface area contributed by atoms with Gasteiger partial charge in [0, 0.05) is 32.8 Å². The van der Waals surface area contributed by atoms with Gasteiger partial charge >= 0.3 is 0 Å². The van der Waals surface area contributed by atoms with Gasteiger partial charge in [-0.05, 0) is 32.1 Å². The molecule has 0 aromatic carbocycles. The van der Waals surface area contributed by atoms with Crippen LogP contribution in [0.25, 0.3) is 0 Å². The number of methoxy groups -OCH3 is 1. The Bertz CT molecular complexity index is 225. The van der Waals surface area contributed by atoms with Crippen LogP contribution in [0.4, 0.5) is 0 Å². The first-order valence-corrected chi connectivity index (χ1v) is 6.67. The van der Waals surface area contributed by atoms with Gasteiger partial charge in [-0.25, -0.2) is 0 Å². The van der Waals surface area contributed by atoms with Crippen LogP contribution in [-0.4, -0.2) is 50.2 Å². The highest BCUT2D eigenvalue weighted by atomic mass is 16.5. The van der Waals surface area contributed by atoms with Gasteiger partial charge in [-0.15, -0.1) is 0 Å². The first-order chi connectivity index (χ1) is 8.17. The molecule has 0 bridgehead atoms. The number of hydrogen-bond acceptors (Lipinski definition) is 3. The second kappa shape index (κ2) is 7.67. The van der Waals surface area contributed by atoms with Gasteiger partial charge in [0.15, 0.2) is 0 Å². The highest BCUT2D eigenvalue weighted by Crippen LogP contribution is 2.17. The molecule has 1 rings (SSSR count). The van der Waals surface area contributed by atoms with Crippen LogP contribution in [0.2, 0.25) is 0 Å². The lowest BCUT2D eigenvalue weighted by atomic mass is 9.98. The number of carbonyl (C=O) groups is 1. The molecule has 0 aromatic rings. The van der Waals surface area contributed by atoms with E-state index in [0.29, 0.717) is 18.5 Å². The largest absolute Gasteiger partial charge is 0.384 e. The molecule has 1 fully saturated rings. The van der Waals surface area contributed by atoms with Crippen molar-refractivity contribution in [3.8, 4) is 0 Å². The molecule has 17 heavy (non-hydrogen) atoms. The third kappa shape index (κ3) is 5.04. The van der Waals surface area contributed by atoms with Crippen LogP contribution >= 0.6 is 0 Å². The van der Waals surface area contributed by atoms with Crippen molar-refractivity contribution in [1.82, 2.24) is 10.2 Å². The van der Waals surface area contributed by atoms with Crippen molar-refractivity contribution in [3.63, 3.8) is 0 Å². The summed E-state index contributed by atoms with van der Waals surface area (Å²) in [6.07, 6.45) is 3.20. The van der Waals surface area contributed by atoms with E-state index in [9.17, 15) is 4.79 Å². The van der Waals surface area contributed by atoms with Crippen molar-refractivity contribution in [1.29, 1.82) is 0 Å². The van der Waals surface area contributed by atoms with Gasteiger partial charge in [0.2, 0.25) is 5.91 Å². The van der Waals surface area contributed by atoms with Crippen molar-refractivity contribution in [2.24, 2.45) is 5.92 Å². The number of amides is 1. The van der Waals surface area contributed by atoms with E-state index in [2.05, 4.69) is 19.2 Å². The number of nitrogens with one attached hydrogen (secondary N) is 1. The topological polar surface area (TPSA) is 41.6 Å². The Kier molecular flexibility index (Phi) is 6.52. The lowest BCUT2D eigenvalue weighted by Crippen LogP contribution is -2.44. The van der Waals surface area contributed by atoms with Gasteiger partial charge in [-0.2, -0.15) is 0 Å². The fourth-order valence-corrected chi connectivity index (χ4v) is 2.10. The Labute approximate surface area is 105 Å². The van der Waals surface area contributed by atoms with Crippen LogP contribution in [0.1, 0.15) is 33.1 Å². The number of ether oxygens (including phenoxy) is 1. The van der Waals surface area contributed by atoms with E-state index in [1.165, 1.54) is 0 Å². The van der Waals surface area contributed by atoms with E-state index in [1.54, 1.807) is 7.11 Å². The normalized spacial score (nSPS) is 19.4. The Balaban J connectivity index is 2.21. The second-order valence-corrected chi connectivity index (χ2v) is 4.97. The molecule has 0 aliphatic carbocycles. The average molecular weight is 242 g/mol. The molecule has 1 aliphatic rings. The van der Waals surface area contributed by atoms with Crippen molar-refractivity contribution in [2.75, 3.05) is 33.4 Å². The summed E-state index contributed by atoms with van der Waals surface area (Å²) in [5.41, 5.74) is 0. The average Bonchev–Trinajstić information content (AvgIpc) is 2.36. The first kappa shape index (κ1) is 14.5. The zero-order valence-electron chi connectivity index (χ0n) is 11.4. The van der Waals surface area contributed by atoms with Gasteiger partial charge in [0.25, 0.3) is 0 Å². The molecule has 1 saturated heterocycles. The molecule has 1 heterocycles. The Hall–Kier alpha value is -0.610. The van der Waals surface area contributed by atoms with Crippen LogP contribution in [0.5, 0.6) is 0 Å². The van der Waals surface area contributed by atoms with Gasteiger partial charge < -0.3 is 15.0 Å². The molecule has 1 unspecified atom stereocenters. The summed E-state index contributed by atoms with van der Waals surface area (Å²) in [7, 11) is 1.74. The van der Waals surface area contributed by atoms with E-state index >= 15 is 0 Å². The maximum Gasteiger partial charge on any atom is 0.236 e. The molecule has 4 nitrogen and oxygen atoms in total. The molecule has 0 aromatic heterocycles. The molecule has 1 N–H and O–H groups in total. The molecular weight excluding hydrogens is 216 g/mol. The fourth-order valence-electron chi connectivity index (χ4n) is 2.10. The number of piperidine rings is 1. The number of rotatable bonds is 6. The molecule has 100 valence electrons. The van der Waals surface area contributed by atoms with Crippen molar-refractivity contribution >= 4 is 5.91 Å². The summed E-state index contributed by atoms with van der Waals surface area (Å²) in [5, 5.41) is 3.25. The number of nitrogens with zero attached hydrogens (tertiary/aromatic N) is 1. The third-order valence-corrected chi connectivity index (χ3v) is 3.58. The minimum atomic E-state index is 0.237. The Morgan fingerprint density at radius 3 is 2.65 bits per heavy atom. The highest BCUT2D eigenvalue weighted by Gasteiger charge is 2.22. The van der Waals surface area contributed by atoms with Crippen molar-refractivity contribution in [3.05, 3.63) is 0 Å². The van der Waals surface area contributed by atoms with E-state index in [1.807, 2.05) is 4.90 Å². The number of hydrogen-bond donors (Lipinski definition) is 1. The predicted molar refractivity (Wildman–Crippen MR) is 68.9 cm³/mol. The van der Waals surface area contributed by atoms with Crippen LogP contribution in [0.15, 0.2) is 0 Å². The van der Waals surface area contributed by atoms with Gasteiger partial charge in [0.1, 0.15) is 0 Å². The zero-order valence-corrected chi connectivity index (χ0v) is 11.4. The van der Waals surface area contributed by atoms with Crippen LogP contribution in [0.3, 0.4) is 0 Å². The summed E-state index contributed by atoms with van der Waals surface area (Å²) in [5.74, 6) is 0.868. The fraction of sp³-hybridized carbons (Fsp3) is 0.923. The second-order valence-electron chi connectivity index (χ2n) is 4.97. The van der Waals surface area contributed by atoms with E-state index < -0.39 is 0 Å². The minimum absolute atomic E-state index is 0.237. The van der Waals surface area contributed by atoms with Gasteiger partial charge in [-0.3, -0.25) is 4.79 Å². The molecule has 1 amide bonds. The summed E-state index contributed by atoms with van der Waals surface area (Å²) >= 11 is 0. The standard InChI is InChI=1S/C13H26N2O2/c1-4-11(2)14-9-13(16)15-7-5-12(6-8-15)10-17-3/h11-12,14H,4-10H2,1-3H3. The maximum absolute atomic E-state index is 11.9. The SMILES string of the molecule is CCC(C)NCC(=O)N1CCC(COC)CC1. The highest BCUT2D eigenvalue weighted by molar-refractivity contribution is 5.78. The summed E-state index contributed by atoms with van der Waals surface area (Å²) < 4.78 is 5.15. The van der Waals surface area contributed by atoms with E-state index in [0.717, 1.165) is 39.0 Å². The molecule has 1 aliphatic heterocycles. The third-order valence-electron chi connectivity index (χ3n) is 3.58. The quantitative estimate of drug-likeness (QED) is 0.762. The van der Waals surface area contributed by atoms with E-state index in [4.69, 9.17) is 4.74 Å². The van der Waals surface area contributed by atoms with Gasteiger partial charge in [-0.1, -0.05) is 6.92 Å². The monoisotopic (exact) mass is 242 g/mol. The Morgan fingerprint density at radius 1 is 1.47 bits per heavy atom. The van der Waals surface area contributed by atoms with Crippen LogP contribution in [0, 0.1) is 5.92 Å². The summed E-state index contributed by atoms with van der Waals surface area (Å²) in [4.78, 5) is 13.9. The summed E-state index contributed by atoms with van der Waals surface area (Å²) in [6.45, 7) is 7.30. The maximum atomic E-state index is 11.9. The van der Waals surface area contributed by atoms with Gasteiger partial charge in [0.05, 0.1) is 6.54 Å². The van der Waals surface area contributed by atoms with E-state index in [-0.39, 0.29) is 5.91 Å². The smallest absolute Gasteiger partial charge is 0.236 e. The van der Waals surface area contributed by atoms with Crippen molar-refractivity contribution < 1.29 is 9.53 Å². The molecule has 4 heteroatoms. The molecule has 0 radical (unpaired) electrons. The molecule has 1 atom stereocenters. The molecule has 0 spiro atoms. The number of carbonyl (C=O) groups excluding carboxylic acids is 1. The zero-order chi connectivity index (χ0) is 12.7. The lowest BCUT2D eigenvalue weighted by molar-refractivity contribution is -0.132. The molecular formula is C13H26N2O2. The Morgan fingerprint density at radius 2 is 2.12 bits per heavy atom. The predicted octanol–water partition coefficient (Wildman–Crippen LogP) is 1.26. The van der Waals surface area contributed by atoms with Crippen molar-refractivity contribution in [2.45, 2.75) is 39.2 Å². The first-order valence-electron chi connectivity index (χ1n) is 6.67. The lowest BCUT2D eigenvalue weighted by Gasteiger charge is -2.32.